The number of ether oxygens (including phenoxy) is 2. The van der Waals surface area contributed by atoms with Gasteiger partial charge in [0.05, 0.1) is 26.4 Å². The summed E-state index contributed by atoms with van der Waals surface area (Å²) in [6, 6.07) is 2.99. The Morgan fingerprint density at radius 1 is 1.61 bits per heavy atom. The van der Waals surface area contributed by atoms with Crippen molar-refractivity contribution in [1.82, 2.24) is 0 Å². The average Bonchev–Trinajstić information content (AvgIpc) is 2.26. The van der Waals surface area contributed by atoms with E-state index >= 15 is 0 Å². The first kappa shape index (κ1) is 12.8. The van der Waals surface area contributed by atoms with Crippen LogP contribution < -0.4 is 10.5 Å². The summed E-state index contributed by atoms with van der Waals surface area (Å²) in [6.07, 6.45) is 0. The molecule has 1 aliphatic heterocycles. The molecule has 0 bridgehead atoms. The molecular weight excluding hydrogens is 241 g/mol. The molecule has 1 fully saturated rings. The van der Waals surface area contributed by atoms with Gasteiger partial charge in [-0.3, -0.25) is 4.79 Å². The largest absolute Gasteiger partial charge is 0.496 e. The first-order chi connectivity index (χ1) is 8.51. The zero-order valence-corrected chi connectivity index (χ0v) is 9.85. The maximum atomic E-state index is 13.3. The topological polar surface area (TPSA) is 81.8 Å². The van der Waals surface area contributed by atoms with E-state index in [1.165, 1.54) is 25.3 Å². The van der Waals surface area contributed by atoms with Crippen LogP contribution in [0, 0.1) is 11.2 Å². The zero-order chi connectivity index (χ0) is 13.3. The van der Waals surface area contributed by atoms with E-state index in [9.17, 15) is 14.3 Å². The van der Waals surface area contributed by atoms with Crippen LogP contribution in [0.4, 0.5) is 4.39 Å². The van der Waals surface area contributed by atoms with Crippen molar-refractivity contribution >= 4 is 5.97 Å². The summed E-state index contributed by atoms with van der Waals surface area (Å²) in [5, 5.41) is 9.25. The Balaban J connectivity index is 2.41. The number of hydrogen-bond donors (Lipinski definition) is 2. The van der Waals surface area contributed by atoms with E-state index in [1.807, 2.05) is 0 Å². The maximum absolute atomic E-state index is 13.3. The van der Waals surface area contributed by atoms with Crippen LogP contribution in [0.15, 0.2) is 18.2 Å². The predicted molar refractivity (Wildman–Crippen MR) is 60.8 cm³/mol. The fraction of sp³-hybridized carbons (Fsp3) is 0.417. The Kier molecular flexibility index (Phi) is 3.23. The monoisotopic (exact) mass is 255 g/mol. The zero-order valence-electron chi connectivity index (χ0n) is 9.85. The van der Waals surface area contributed by atoms with Crippen molar-refractivity contribution in [3.05, 3.63) is 29.6 Å². The quantitative estimate of drug-likeness (QED) is 0.836. The highest BCUT2D eigenvalue weighted by Crippen LogP contribution is 2.42. The summed E-state index contributed by atoms with van der Waals surface area (Å²) in [5.74, 6) is -1.16. The molecule has 1 heterocycles. The highest BCUT2D eigenvalue weighted by Gasteiger charge is 2.52. The van der Waals surface area contributed by atoms with Crippen LogP contribution in [0.1, 0.15) is 11.6 Å². The molecule has 0 spiro atoms. The summed E-state index contributed by atoms with van der Waals surface area (Å²) >= 11 is 0. The standard InChI is InChI=1S/C12H14FNO4/c1-17-9-3-2-7(13)4-8(9)10(14)12(11(15)16)5-18-6-12/h2-4,10H,5-6,14H2,1H3,(H,15,16). The van der Waals surface area contributed by atoms with Gasteiger partial charge in [0.2, 0.25) is 0 Å². The molecule has 1 atom stereocenters. The van der Waals surface area contributed by atoms with Crippen LogP contribution in [0.25, 0.3) is 0 Å². The third-order valence-electron chi connectivity index (χ3n) is 3.27. The Labute approximate surface area is 103 Å². The van der Waals surface area contributed by atoms with Crippen molar-refractivity contribution in [2.24, 2.45) is 11.1 Å². The van der Waals surface area contributed by atoms with Gasteiger partial charge < -0.3 is 20.3 Å². The second-order valence-corrected chi connectivity index (χ2v) is 4.32. The minimum atomic E-state index is -1.21. The molecule has 0 aromatic heterocycles. The van der Waals surface area contributed by atoms with Gasteiger partial charge in [-0.25, -0.2) is 4.39 Å². The lowest BCUT2D eigenvalue weighted by Gasteiger charge is -2.42. The second-order valence-electron chi connectivity index (χ2n) is 4.32. The Hall–Kier alpha value is -1.66. The molecule has 0 radical (unpaired) electrons. The van der Waals surface area contributed by atoms with E-state index in [0.717, 1.165) is 0 Å². The number of methoxy groups -OCH3 is 1. The van der Waals surface area contributed by atoms with E-state index in [4.69, 9.17) is 15.2 Å². The molecule has 0 amide bonds. The smallest absolute Gasteiger partial charge is 0.316 e. The molecule has 1 saturated heterocycles. The molecule has 1 unspecified atom stereocenters. The number of halogens is 1. The lowest BCUT2D eigenvalue weighted by molar-refractivity contribution is -0.184. The number of carbonyl (C=O) groups is 1. The van der Waals surface area contributed by atoms with Crippen LogP contribution in [0.3, 0.4) is 0 Å². The molecule has 1 aliphatic rings. The SMILES string of the molecule is COc1ccc(F)cc1C(N)C1(C(=O)O)COC1. The summed E-state index contributed by atoms with van der Waals surface area (Å²) in [6.45, 7) is 0.0341. The van der Waals surface area contributed by atoms with Gasteiger partial charge in [0.1, 0.15) is 17.0 Å². The summed E-state index contributed by atoms with van der Waals surface area (Å²) in [4.78, 5) is 11.3. The lowest BCUT2D eigenvalue weighted by atomic mass is 9.75. The Morgan fingerprint density at radius 2 is 2.28 bits per heavy atom. The lowest BCUT2D eigenvalue weighted by Crippen LogP contribution is -2.55. The van der Waals surface area contributed by atoms with Crippen LogP contribution in [-0.2, 0) is 9.53 Å². The highest BCUT2D eigenvalue weighted by atomic mass is 19.1. The molecule has 1 aromatic carbocycles. The molecule has 3 N–H and O–H groups in total. The molecule has 2 rings (SSSR count). The van der Waals surface area contributed by atoms with Gasteiger partial charge in [0.15, 0.2) is 0 Å². The van der Waals surface area contributed by atoms with Gasteiger partial charge in [0.25, 0.3) is 0 Å². The first-order valence-corrected chi connectivity index (χ1v) is 5.41. The minimum absolute atomic E-state index is 0.0170. The van der Waals surface area contributed by atoms with Gasteiger partial charge in [-0.1, -0.05) is 0 Å². The van der Waals surface area contributed by atoms with Crippen molar-refractivity contribution < 1.29 is 23.8 Å². The van der Waals surface area contributed by atoms with E-state index in [-0.39, 0.29) is 13.2 Å². The summed E-state index contributed by atoms with van der Waals surface area (Å²) in [5.41, 5.74) is 5.10. The predicted octanol–water partition coefficient (Wildman–Crippen LogP) is 0.935. The number of carboxylic acids is 1. The van der Waals surface area contributed by atoms with E-state index < -0.39 is 23.2 Å². The van der Waals surface area contributed by atoms with Gasteiger partial charge in [-0.05, 0) is 18.2 Å². The van der Waals surface area contributed by atoms with Crippen molar-refractivity contribution in [2.75, 3.05) is 20.3 Å². The second kappa shape index (κ2) is 4.55. The van der Waals surface area contributed by atoms with Crippen LogP contribution >= 0.6 is 0 Å². The van der Waals surface area contributed by atoms with Crippen LogP contribution in [-0.4, -0.2) is 31.4 Å². The molecule has 18 heavy (non-hydrogen) atoms. The molecule has 0 aliphatic carbocycles. The number of aliphatic carboxylic acids is 1. The van der Waals surface area contributed by atoms with Gasteiger partial charge in [-0.15, -0.1) is 0 Å². The fourth-order valence-corrected chi connectivity index (χ4v) is 2.00. The molecular formula is C12H14FNO4. The minimum Gasteiger partial charge on any atom is -0.496 e. The van der Waals surface area contributed by atoms with Crippen molar-refractivity contribution in [1.29, 1.82) is 0 Å². The Morgan fingerprint density at radius 3 is 2.72 bits per heavy atom. The number of hydrogen-bond acceptors (Lipinski definition) is 4. The summed E-state index contributed by atoms with van der Waals surface area (Å²) in [7, 11) is 1.42. The normalized spacial score (nSPS) is 18.8. The van der Waals surface area contributed by atoms with Crippen molar-refractivity contribution in [2.45, 2.75) is 6.04 Å². The number of rotatable bonds is 4. The summed E-state index contributed by atoms with van der Waals surface area (Å²) < 4.78 is 23.3. The molecule has 5 nitrogen and oxygen atoms in total. The average molecular weight is 255 g/mol. The molecule has 98 valence electrons. The fourth-order valence-electron chi connectivity index (χ4n) is 2.00. The number of benzene rings is 1. The third kappa shape index (κ3) is 1.83. The maximum Gasteiger partial charge on any atom is 0.316 e. The highest BCUT2D eigenvalue weighted by molar-refractivity contribution is 5.77. The molecule has 6 heteroatoms. The first-order valence-electron chi connectivity index (χ1n) is 5.41. The van der Waals surface area contributed by atoms with Crippen LogP contribution in [0.2, 0.25) is 0 Å². The van der Waals surface area contributed by atoms with E-state index in [1.54, 1.807) is 0 Å². The third-order valence-corrected chi connectivity index (χ3v) is 3.27. The number of nitrogens with two attached hydrogens (primary N) is 1. The Bertz CT molecular complexity index is 473. The van der Waals surface area contributed by atoms with Gasteiger partial charge in [-0.2, -0.15) is 0 Å². The molecule has 1 aromatic rings. The van der Waals surface area contributed by atoms with Crippen LogP contribution in [0.5, 0.6) is 5.75 Å². The van der Waals surface area contributed by atoms with E-state index in [0.29, 0.717) is 11.3 Å². The number of carboxylic acid groups (broad SMARTS) is 1. The van der Waals surface area contributed by atoms with Crippen molar-refractivity contribution in [3.63, 3.8) is 0 Å². The molecule has 0 saturated carbocycles. The van der Waals surface area contributed by atoms with Gasteiger partial charge >= 0.3 is 5.97 Å². The van der Waals surface area contributed by atoms with E-state index in [2.05, 4.69) is 0 Å². The van der Waals surface area contributed by atoms with Crippen molar-refractivity contribution in [3.8, 4) is 5.75 Å². The van der Waals surface area contributed by atoms with Gasteiger partial charge in [0, 0.05) is 5.56 Å².